The first-order valence-corrected chi connectivity index (χ1v) is 10.3. The fourth-order valence-corrected chi connectivity index (χ4v) is 3.83. The molecule has 0 fully saturated rings. The van der Waals surface area contributed by atoms with E-state index in [9.17, 15) is 27.6 Å². The van der Waals surface area contributed by atoms with Crippen molar-refractivity contribution in [1.82, 2.24) is 10.6 Å². The molecule has 1 aliphatic carbocycles. The number of benzene rings is 2. The predicted molar refractivity (Wildman–Crippen MR) is 113 cm³/mol. The molecule has 3 N–H and O–H groups in total. The van der Waals surface area contributed by atoms with Gasteiger partial charge in [-0.3, -0.25) is 9.59 Å². The smallest absolute Gasteiger partial charge is 0.409 e. The van der Waals surface area contributed by atoms with E-state index in [4.69, 9.17) is 9.84 Å². The fraction of sp³-hybridized carbons (Fsp3) is 0.348. The SMILES string of the molecule is CCC(NC(=O)OCC1c2ccccc2-c2ccccc21)C(=O)NC(CC(=O)O)C(F)(F)F. The van der Waals surface area contributed by atoms with Crippen LogP contribution in [0.25, 0.3) is 11.1 Å². The molecule has 0 saturated carbocycles. The molecule has 2 aromatic carbocycles. The Labute approximate surface area is 187 Å². The van der Waals surface area contributed by atoms with E-state index in [0.717, 1.165) is 22.3 Å². The Morgan fingerprint density at radius 2 is 1.55 bits per heavy atom. The van der Waals surface area contributed by atoms with Crippen molar-refractivity contribution in [3.63, 3.8) is 0 Å². The molecule has 0 spiro atoms. The highest BCUT2D eigenvalue weighted by atomic mass is 19.4. The number of ether oxygens (including phenoxy) is 1. The third-order valence-corrected chi connectivity index (χ3v) is 5.45. The Bertz CT molecular complexity index is 995. The summed E-state index contributed by atoms with van der Waals surface area (Å²) in [5.41, 5.74) is 4.03. The van der Waals surface area contributed by atoms with Gasteiger partial charge in [0.25, 0.3) is 0 Å². The van der Waals surface area contributed by atoms with Gasteiger partial charge in [-0.1, -0.05) is 55.5 Å². The lowest BCUT2D eigenvalue weighted by Gasteiger charge is -2.23. The summed E-state index contributed by atoms with van der Waals surface area (Å²) in [6.07, 6.45) is -7.25. The van der Waals surface area contributed by atoms with Crippen LogP contribution in [0.1, 0.15) is 36.8 Å². The summed E-state index contributed by atoms with van der Waals surface area (Å²) in [5.74, 6) is -3.08. The molecule has 1 aliphatic rings. The molecule has 0 aromatic heterocycles. The van der Waals surface area contributed by atoms with Crippen molar-refractivity contribution in [2.45, 2.75) is 43.9 Å². The van der Waals surface area contributed by atoms with E-state index in [2.05, 4.69) is 5.32 Å². The molecule has 2 unspecified atom stereocenters. The topological polar surface area (TPSA) is 105 Å². The minimum absolute atomic E-state index is 0.0202. The number of carboxylic acids is 1. The van der Waals surface area contributed by atoms with Crippen molar-refractivity contribution >= 4 is 18.0 Å². The van der Waals surface area contributed by atoms with Gasteiger partial charge >= 0.3 is 18.2 Å². The molecule has 0 saturated heterocycles. The number of carbonyl (C=O) groups excluding carboxylic acids is 2. The van der Waals surface area contributed by atoms with Gasteiger partial charge in [-0.05, 0) is 28.7 Å². The van der Waals surface area contributed by atoms with Crippen LogP contribution in [0.4, 0.5) is 18.0 Å². The highest BCUT2D eigenvalue weighted by molar-refractivity contribution is 5.86. The van der Waals surface area contributed by atoms with Crippen molar-refractivity contribution in [1.29, 1.82) is 0 Å². The number of halogens is 3. The molecule has 2 amide bonds. The summed E-state index contributed by atoms with van der Waals surface area (Å²) in [6.45, 7) is 1.47. The zero-order valence-electron chi connectivity index (χ0n) is 17.7. The number of aliphatic carboxylic acids is 1. The number of alkyl halides is 3. The minimum Gasteiger partial charge on any atom is -0.481 e. The molecule has 7 nitrogen and oxygen atoms in total. The van der Waals surface area contributed by atoms with Crippen LogP contribution in [0.3, 0.4) is 0 Å². The van der Waals surface area contributed by atoms with Crippen LogP contribution in [-0.4, -0.2) is 47.9 Å². The van der Waals surface area contributed by atoms with Gasteiger partial charge in [0, 0.05) is 5.92 Å². The number of hydrogen-bond acceptors (Lipinski definition) is 4. The largest absolute Gasteiger partial charge is 0.481 e. The van der Waals surface area contributed by atoms with Gasteiger partial charge < -0.3 is 20.5 Å². The maximum Gasteiger partial charge on any atom is 0.409 e. The second kappa shape index (κ2) is 9.93. The standard InChI is InChI=1S/C23H23F3N2O5/c1-2-18(21(31)28-19(11-20(29)30)23(24,25)26)27-22(32)33-12-17-15-9-5-3-7-13(15)14-8-4-6-10-16(14)17/h3-10,17-19H,2,11-12H2,1H3,(H,27,32)(H,28,31)(H,29,30). The molecule has 2 aromatic rings. The third-order valence-electron chi connectivity index (χ3n) is 5.45. The van der Waals surface area contributed by atoms with Gasteiger partial charge in [0.05, 0.1) is 6.42 Å². The lowest BCUT2D eigenvalue weighted by atomic mass is 9.98. The molecule has 33 heavy (non-hydrogen) atoms. The average molecular weight is 464 g/mol. The summed E-state index contributed by atoms with van der Waals surface area (Å²) >= 11 is 0. The van der Waals surface area contributed by atoms with Crippen molar-refractivity contribution in [2.24, 2.45) is 0 Å². The second-order valence-electron chi connectivity index (χ2n) is 7.63. The quantitative estimate of drug-likeness (QED) is 0.551. The van der Waals surface area contributed by atoms with Gasteiger partial charge in [0.1, 0.15) is 18.7 Å². The molecule has 176 valence electrons. The first kappa shape index (κ1) is 24.1. The minimum atomic E-state index is -4.95. The Hall–Kier alpha value is -3.56. The molecule has 0 heterocycles. The molecule has 10 heteroatoms. The lowest BCUT2D eigenvalue weighted by Crippen LogP contribution is -2.54. The summed E-state index contributed by atoms with van der Waals surface area (Å²) in [5, 5.41) is 12.6. The average Bonchev–Trinajstić information content (AvgIpc) is 3.08. The van der Waals surface area contributed by atoms with E-state index in [1.165, 1.54) is 6.92 Å². The summed E-state index contributed by atoms with van der Waals surface area (Å²) in [4.78, 5) is 35.3. The normalized spacial score (nSPS) is 14.5. The number of fused-ring (bicyclic) bond motifs is 3. The van der Waals surface area contributed by atoms with E-state index < -0.39 is 42.7 Å². The number of carbonyl (C=O) groups is 3. The molecule has 0 radical (unpaired) electrons. The molecule has 2 atom stereocenters. The first-order valence-electron chi connectivity index (χ1n) is 10.3. The highest BCUT2D eigenvalue weighted by Gasteiger charge is 2.43. The highest BCUT2D eigenvalue weighted by Crippen LogP contribution is 2.44. The van der Waals surface area contributed by atoms with Crippen LogP contribution in [-0.2, 0) is 14.3 Å². The Balaban J connectivity index is 1.63. The number of nitrogens with one attached hydrogen (secondary N) is 2. The molecule has 0 bridgehead atoms. The van der Waals surface area contributed by atoms with E-state index >= 15 is 0 Å². The molecular formula is C23H23F3N2O5. The maximum absolute atomic E-state index is 13.0. The van der Waals surface area contributed by atoms with E-state index in [0.29, 0.717) is 0 Å². The van der Waals surface area contributed by atoms with E-state index in [1.807, 2.05) is 48.5 Å². The predicted octanol–water partition coefficient (Wildman–Crippen LogP) is 3.83. The van der Waals surface area contributed by atoms with Crippen LogP contribution in [0.2, 0.25) is 0 Å². The van der Waals surface area contributed by atoms with E-state index in [-0.39, 0.29) is 18.9 Å². The molecular weight excluding hydrogens is 441 g/mol. The second-order valence-corrected chi connectivity index (χ2v) is 7.63. The number of alkyl carbamates (subject to hydrolysis) is 1. The van der Waals surface area contributed by atoms with Gasteiger partial charge in [-0.15, -0.1) is 0 Å². The molecule has 3 rings (SSSR count). The first-order chi connectivity index (χ1) is 15.6. The zero-order chi connectivity index (χ0) is 24.2. The molecule has 0 aliphatic heterocycles. The number of carboxylic acid groups (broad SMARTS) is 1. The number of hydrogen-bond donors (Lipinski definition) is 3. The van der Waals surface area contributed by atoms with Crippen molar-refractivity contribution in [2.75, 3.05) is 6.61 Å². The van der Waals surface area contributed by atoms with Crippen molar-refractivity contribution in [3.8, 4) is 11.1 Å². The van der Waals surface area contributed by atoms with Crippen molar-refractivity contribution < 1.29 is 37.4 Å². The summed E-state index contributed by atoms with van der Waals surface area (Å²) < 4.78 is 44.4. The Kier molecular flexibility index (Phi) is 7.25. The van der Waals surface area contributed by atoms with Crippen molar-refractivity contribution in [3.05, 3.63) is 59.7 Å². The summed E-state index contributed by atoms with van der Waals surface area (Å²) in [7, 11) is 0. The van der Waals surface area contributed by atoms with Crippen LogP contribution in [0.5, 0.6) is 0 Å². The zero-order valence-corrected chi connectivity index (χ0v) is 17.7. The van der Waals surface area contributed by atoms with Crippen LogP contribution in [0.15, 0.2) is 48.5 Å². The van der Waals surface area contributed by atoms with Crippen LogP contribution < -0.4 is 10.6 Å². The maximum atomic E-state index is 13.0. The monoisotopic (exact) mass is 464 g/mol. The van der Waals surface area contributed by atoms with Gasteiger partial charge in [-0.25, -0.2) is 4.79 Å². The van der Waals surface area contributed by atoms with Gasteiger partial charge in [0.15, 0.2) is 0 Å². The Morgan fingerprint density at radius 1 is 1.00 bits per heavy atom. The van der Waals surface area contributed by atoms with Crippen LogP contribution in [0, 0.1) is 0 Å². The fourth-order valence-electron chi connectivity index (χ4n) is 3.83. The van der Waals surface area contributed by atoms with Gasteiger partial charge in [0.2, 0.25) is 5.91 Å². The third kappa shape index (κ3) is 5.63. The van der Waals surface area contributed by atoms with Crippen LogP contribution >= 0.6 is 0 Å². The number of amides is 2. The lowest BCUT2D eigenvalue weighted by molar-refractivity contribution is -0.170. The summed E-state index contributed by atoms with van der Waals surface area (Å²) in [6, 6.07) is 11.5. The van der Waals surface area contributed by atoms with Gasteiger partial charge in [-0.2, -0.15) is 13.2 Å². The number of rotatable bonds is 8. The van der Waals surface area contributed by atoms with E-state index in [1.54, 1.807) is 5.32 Å². The Morgan fingerprint density at radius 3 is 2.03 bits per heavy atom.